The van der Waals surface area contributed by atoms with Gasteiger partial charge < -0.3 is 5.32 Å². The number of rotatable bonds is 5. The summed E-state index contributed by atoms with van der Waals surface area (Å²) in [6.07, 6.45) is 0.0611. The van der Waals surface area contributed by atoms with Crippen molar-refractivity contribution >= 4 is 21.8 Å². The lowest BCUT2D eigenvalue weighted by Gasteiger charge is -2.16. The average molecular weight is 307 g/mol. The van der Waals surface area contributed by atoms with Crippen molar-refractivity contribution in [2.24, 2.45) is 0 Å². The topological polar surface area (TPSA) is 49.4 Å². The van der Waals surface area contributed by atoms with Gasteiger partial charge in [0.2, 0.25) is 0 Å². The van der Waals surface area contributed by atoms with Crippen LogP contribution >= 0.6 is 11.8 Å². The molecule has 0 bridgehead atoms. The van der Waals surface area contributed by atoms with Gasteiger partial charge in [0.1, 0.15) is 6.17 Å². The third kappa shape index (κ3) is 3.66. The van der Waals surface area contributed by atoms with Crippen LogP contribution in [0.4, 0.5) is 4.39 Å². The fourth-order valence-electron chi connectivity index (χ4n) is 2.07. The molecule has 1 aromatic carbocycles. The summed E-state index contributed by atoms with van der Waals surface area (Å²) in [6, 6.07) is 8.00. The number of nitrogens with zero attached hydrogens (tertiary/aromatic N) is 1. The van der Waals surface area contributed by atoms with Crippen molar-refractivity contribution in [3.63, 3.8) is 0 Å². The summed E-state index contributed by atoms with van der Waals surface area (Å²) in [5.74, 6) is 0. The van der Waals surface area contributed by atoms with Gasteiger partial charge in [-0.15, -0.1) is 3.82 Å². The smallest absolute Gasteiger partial charge is 0.256 e. The molecule has 0 spiro atoms. The van der Waals surface area contributed by atoms with Gasteiger partial charge in [0.25, 0.3) is 10.0 Å². The Kier molecular flexibility index (Phi) is 4.78. The van der Waals surface area contributed by atoms with E-state index < -0.39 is 16.2 Å². The van der Waals surface area contributed by atoms with Crippen LogP contribution in [0, 0.1) is 0 Å². The molecule has 1 aliphatic rings. The standard InChI is InChI=1S/C12H16ClFN2O2S/c13-16(7-6-11-8-10(14)9-15-11)19(17,18)12-4-2-1-3-5-12/h1-5,10-11,15H,6-9H2/t10-,11-/m1/s1. The quantitative estimate of drug-likeness (QED) is 0.846. The summed E-state index contributed by atoms with van der Waals surface area (Å²) in [5.41, 5.74) is 0. The Morgan fingerprint density at radius 2 is 2.05 bits per heavy atom. The number of halogens is 2. The second kappa shape index (κ2) is 6.17. The zero-order valence-electron chi connectivity index (χ0n) is 10.3. The van der Waals surface area contributed by atoms with Crippen molar-refractivity contribution in [2.75, 3.05) is 13.1 Å². The SMILES string of the molecule is O=S(=O)(c1ccccc1)N(Cl)CC[C@@H]1C[C@@H](F)CN1. The van der Waals surface area contributed by atoms with Crippen molar-refractivity contribution < 1.29 is 12.8 Å². The van der Waals surface area contributed by atoms with E-state index in [4.69, 9.17) is 11.8 Å². The van der Waals surface area contributed by atoms with E-state index in [-0.39, 0.29) is 17.5 Å². The van der Waals surface area contributed by atoms with E-state index in [0.29, 0.717) is 19.4 Å². The van der Waals surface area contributed by atoms with Crippen LogP contribution in [0.5, 0.6) is 0 Å². The van der Waals surface area contributed by atoms with Gasteiger partial charge in [0.05, 0.1) is 4.90 Å². The highest BCUT2D eigenvalue weighted by atomic mass is 35.5. The second-order valence-electron chi connectivity index (χ2n) is 4.56. The van der Waals surface area contributed by atoms with Crippen LogP contribution in [-0.2, 0) is 10.0 Å². The van der Waals surface area contributed by atoms with E-state index in [1.165, 1.54) is 12.1 Å². The fraction of sp³-hybridized carbons (Fsp3) is 0.500. The minimum absolute atomic E-state index is 0.0118. The molecule has 0 radical (unpaired) electrons. The van der Waals surface area contributed by atoms with Gasteiger partial charge in [-0.25, -0.2) is 12.8 Å². The first kappa shape index (κ1) is 14.7. The Bertz CT molecular complexity index is 512. The fourth-order valence-corrected chi connectivity index (χ4v) is 3.49. The summed E-state index contributed by atoms with van der Waals surface area (Å²) < 4.78 is 38.0. The summed E-state index contributed by atoms with van der Waals surface area (Å²) in [7, 11) is -3.67. The Labute approximate surface area is 117 Å². The molecule has 1 aromatic rings. The van der Waals surface area contributed by atoms with Gasteiger partial charge in [-0.05, 0) is 36.8 Å². The first-order valence-electron chi connectivity index (χ1n) is 6.11. The Balaban J connectivity index is 1.94. The Morgan fingerprint density at radius 3 is 2.63 bits per heavy atom. The monoisotopic (exact) mass is 306 g/mol. The Morgan fingerprint density at radius 1 is 1.37 bits per heavy atom. The van der Waals surface area contributed by atoms with Gasteiger partial charge in [-0.2, -0.15) is 0 Å². The molecule has 0 saturated carbocycles. The predicted molar refractivity (Wildman–Crippen MR) is 72.1 cm³/mol. The summed E-state index contributed by atoms with van der Waals surface area (Å²) in [6.45, 7) is 0.488. The zero-order chi connectivity index (χ0) is 13.9. The Hall–Kier alpha value is -0.690. The van der Waals surface area contributed by atoms with Crippen LogP contribution in [0.15, 0.2) is 35.2 Å². The molecule has 4 nitrogen and oxygen atoms in total. The normalized spacial score (nSPS) is 23.9. The minimum Gasteiger partial charge on any atom is -0.311 e. The van der Waals surface area contributed by atoms with Crippen LogP contribution < -0.4 is 5.32 Å². The van der Waals surface area contributed by atoms with Crippen LogP contribution in [0.25, 0.3) is 0 Å². The van der Waals surface area contributed by atoms with E-state index in [0.717, 1.165) is 3.82 Å². The lowest BCUT2D eigenvalue weighted by atomic mass is 10.1. The van der Waals surface area contributed by atoms with E-state index in [1.807, 2.05) is 0 Å². The summed E-state index contributed by atoms with van der Waals surface area (Å²) in [5, 5.41) is 3.00. The van der Waals surface area contributed by atoms with E-state index in [9.17, 15) is 12.8 Å². The number of hydrogen-bond acceptors (Lipinski definition) is 3. The summed E-state index contributed by atoms with van der Waals surface area (Å²) >= 11 is 5.85. The molecule has 1 saturated heterocycles. The molecule has 1 heterocycles. The first-order chi connectivity index (χ1) is 9.00. The van der Waals surface area contributed by atoms with E-state index >= 15 is 0 Å². The number of alkyl halides is 1. The van der Waals surface area contributed by atoms with Crippen LogP contribution in [0.2, 0.25) is 0 Å². The third-order valence-electron chi connectivity index (χ3n) is 3.12. The first-order valence-corrected chi connectivity index (χ1v) is 7.89. The number of benzene rings is 1. The molecule has 0 unspecified atom stereocenters. The molecule has 7 heteroatoms. The largest absolute Gasteiger partial charge is 0.311 e. The number of nitrogens with one attached hydrogen (secondary N) is 1. The van der Waals surface area contributed by atoms with Crippen molar-refractivity contribution in [3.05, 3.63) is 30.3 Å². The van der Waals surface area contributed by atoms with E-state index in [2.05, 4.69) is 5.32 Å². The van der Waals surface area contributed by atoms with Crippen molar-refractivity contribution in [1.82, 2.24) is 9.14 Å². The minimum atomic E-state index is -3.67. The van der Waals surface area contributed by atoms with Gasteiger partial charge in [0.15, 0.2) is 0 Å². The molecule has 1 fully saturated rings. The van der Waals surface area contributed by atoms with Crippen molar-refractivity contribution in [2.45, 2.75) is 30.0 Å². The number of sulfonamides is 1. The highest BCUT2D eigenvalue weighted by Crippen LogP contribution is 2.19. The molecule has 106 valence electrons. The lowest BCUT2D eigenvalue weighted by molar-refractivity contribution is 0.352. The summed E-state index contributed by atoms with van der Waals surface area (Å²) in [4.78, 5) is 0.160. The molecule has 2 atom stereocenters. The van der Waals surface area contributed by atoms with Gasteiger partial charge in [0, 0.05) is 19.1 Å². The van der Waals surface area contributed by atoms with Crippen molar-refractivity contribution in [3.8, 4) is 0 Å². The van der Waals surface area contributed by atoms with Crippen LogP contribution in [0.3, 0.4) is 0 Å². The molecular formula is C12H16ClFN2O2S. The van der Waals surface area contributed by atoms with E-state index in [1.54, 1.807) is 18.2 Å². The maximum Gasteiger partial charge on any atom is 0.256 e. The highest BCUT2D eigenvalue weighted by molar-refractivity contribution is 7.90. The lowest BCUT2D eigenvalue weighted by Crippen LogP contribution is -2.29. The molecule has 0 amide bonds. The molecule has 19 heavy (non-hydrogen) atoms. The van der Waals surface area contributed by atoms with Gasteiger partial charge >= 0.3 is 0 Å². The molecule has 0 aromatic heterocycles. The van der Waals surface area contributed by atoms with Crippen molar-refractivity contribution in [1.29, 1.82) is 0 Å². The second-order valence-corrected chi connectivity index (χ2v) is 7.03. The zero-order valence-corrected chi connectivity index (χ0v) is 11.9. The van der Waals surface area contributed by atoms with Crippen LogP contribution in [0.1, 0.15) is 12.8 Å². The maximum absolute atomic E-state index is 13.0. The maximum atomic E-state index is 13.0. The third-order valence-corrected chi connectivity index (χ3v) is 5.41. The average Bonchev–Trinajstić information content (AvgIpc) is 2.82. The van der Waals surface area contributed by atoms with Gasteiger partial charge in [-0.3, -0.25) is 0 Å². The van der Waals surface area contributed by atoms with Crippen LogP contribution in [-0.4, -0.2) is 37.5 Å². The molecule has 0 aliphatic carbocycles. The molecular weight excluding hydrogens is 291 g/mol. The molecule has 1 aliphatic heterocycles. The highest BCUT2D eigenvalue weighted by Gasteiger charge is 2.27. The molecule has 2 rings (SSSR count). The predicted octanol–water partition coefficient (Wildman–Crippen LogP) is 1.92. The van der Waals surface area contributed by atoms with Gasteiger partial charge in [-0.1, -0.05) is 18.2 Å². The number of hydrogen-bond donors (Lipinski definition) is 1. The molecule has 1 N–H and O–H groups in total.